The number of ether oxygens (including phenoxy) is 1. The highest BCUT2D eigenvalue weighted by Gasteiger charge is 2.25. The molecule has 1 aromatic rings. The SMILES string of the molecule is O=C(NCC1Cc2ccccc2O1)[C@@H]1CCCN1. The van der Waals surface area contributed by atoms with Crippen LogP contribution in [0.2, 0.25) is 0 Å². The van der Waals surface area contributed by atoms with E-state index in [9.17, 15) is 4.79 Å². The van der Waals surface area contributed by atoms with Crippen LogP contribution < -0.4 is 15.4 Å². The van der Waals surface area contributed by atoms with Gasteiger partial charge in [-0.15, -0.1) is 0 Å². The van der Waals surface area contributed by atoms with Crippen LogP contribution in [0.4, 0.5) is 0 Å². The fourth-order valence-electron chi connectivity index (χ4n) is 2.61. The molecule has 2 atom stereocenters. The fraction of sp³-hybridized carbons (Fsp3) is 0.500. The van der Waals surface area contributed by atoms with E-state index in [4.69, 9.17) is 4.74 Å². The number of para-hydroxylation sites is 1. The van der Waals surface area contributed by atoms with Gasteiger partial charge in [0.15, 0.2) is 0 Å². The first kappa shape index (κ1) is 11.5. The largest absolute Gasteiger partial charge is 0.488 e. The number of rotatable bonds is 3. The second kappa shape index (κ2) is 4.98. The van der Waals surface area contributed by atoms with E-state index in [-0.39, 0.29) is 18.1 Å². The smallest absolute Gasteiger partial charge is 0.237 e. The van der Waals surface area contributed by atoms with Crippen LogP contribution >= 0.6 is 0 Å². The third-order valence-electron chi connectivity index (χ3n) is 3.59. The van der Waals surface area contributed by atoms with Crippen molar-refractivity contribution in [1.29, 1.82) is 0 Å². The van der Waals surface area contributed by atoms with Gasteiger partial charge in [-0.2, -0.15) is 0 Å². The second-order valence-corrected chi connectivity index (χ2v) is 4.95. The number of hydrogen-bond acceptors (Lipinski definition) is 3. The minimum absolute atomic E-state index is 0.00576. The first-order chi connectivity index (χ1) is 8.83. The number of fused-ring (bicyclic) bond motifs is 1. The summed E-state index contributed by atoms with van der Waals surface area (Å²) in [4.78, 5) is 11.8. The molecular formula is C14H18N2O2. The molecule has 1 amide bonds. The van der Waals surface area contributed by atoms with Gasteiger partial charge in [0.25, 0.3) is 0 Å². The maximum absolute atomic E-state index is 11.8. The second-order valence-electron chi connectivity index (χ2n) is 4.95. The molecule has 0 bridgehead atoms. The molecule has 1 fully saturated rings. The molecule has 2 aliphatic rings. The highest BCUT2D eigenvalue weighted by Crippen LogP contribution is 2.27. The van der Waals surface area contributed by atoms with Gasteiger partial charge in [-0.25, -0.2) is 0 Å². The molecule has 1 saturated heterocycles. The molecule has 3 rings (SSSR count). The van der Waals surface area contributed by atoms with Crippen LogP contribution in [0.1, 0.15) is 18.4 Å². The van der Waals surface area contributed by atoms with Gasteiger partial charge in [0.05, 0.1) is 12.6 Å². The summed E-state index contributed by atoms with van der Waals surface area (Å²) in [7, 11) is 0. The zero-order chi connectivity index (χ0) is 12.4. The highest BCUT2D eigenvalue weighted by atomic mass is 16.5. The quantitative estimate of drug-likeness (QED) is 0.831. The van der Waals surface area contributed by atoms with E-state index < -0.39 is 0 Å². The molecule has 0 spiro atoms. The molecule has 2 aliphatic heterocycles. The minimum Gasteiger partial charge on any atom is -0.488 e. The summed E-state index contributed by atoms with van der Waals surface area (Å²) in [6, 6.07) is 8.05. The number of amides is 1. The number of hydrogen-bond donors (Lipinski definition) is 2. The van der Waals surface area contributed by atoms with Gasteiger partial charge in [-0.05, 0) is 31.0 Å². The number of benzene rings is 1. The van der Waals surface area contributed by atoms with Crippen molar-refractivity contribution in [2.45, 2.75) is 31.4 Å². The molecule has 96 valence electrons. The molecule has 0 radical (unpaired) electrons. The lowest BCUT2D eigenvalue weighted by molar-refractivity contribution is -0.123. The Balaban J connectivity index is 1.49. The summed E-state index contributed by atoms with van der Waals surface area (Å²) in [5.41, 5.74) is 1.23. The molecule has 4 nitrogen and oxygen atoms in total. The lowest BCUT2D eigenvalue weighted by Crippen LogP contribution is -2.44. The van der Waals surface area contributed by atoms with E-state index in [0.29, 0.717) is 6.54 Å². The Labute approximate surface area is 107 Å². The molecule has 0 aromatic heterocycles. The molecule has 2 heterocycles. The molecule has 2 N–H and O–H groups in total. The van der Waals surface area contributed by atoms with Crippen molar-refractivity contribution in [3.63, 3.8) is 0 Å². The zero-order valence-corrected chi connectivity index (χ0v) is 10.3. The summed E-state index contributed by atoms with van der Waals surface area (Å²) >= 11 is 0. The van der Waals surface area contributed by atoms with Crippen molar-refractivity contribution in [1.82, 2.24) is 10.6 Å². The van der Waals surface area contributed by atoms with Crippen molar-refractivity contribution in [2.75, 3.05) is 13.1 Å². The van der Waals surface area contributed by atoms with Crippen molar-refractivity contribution in [3.05, 3.63) is 29.8 Å². The lowest BCUT2D eigenvalue weighted by Gasteiger charge is -2.14. The monoisotopic (exact) mass is 246 g/mol. The Morgan fingerprint density at radius 3 is 3.11 bits per heavy atom. The fourth-order valence-corrected chi connectivity index (χ4v) is 2.61. The molecule has 4 heteroatoms. The van der Waals surface area contributed by atoms with Gasteiger partial charge in [-0.3, -0.25) is 4.79 Å². The van der Waals surface area contributed by atoms with Crippen molar-refractivity contribution >= 4 is 5.91 Å². The van der Waals surface area contributed by atoms with Crippen molar-refractivity contribution < 1.29 is 9.53 Å². The van der Waals surface area contributed by atoms with E-state index in [1.807, 2.05) is 18.2 Å². The van der Waals surface area contributed by atoms with Gasteiger partial charge in [0, 0.05) is 6.42 Å². The summed E-state index contributed by atoms with van der Waals surface area (Å²) in [6.07, 6.45) is 2.99. The predicted octanol–water partition coefficient (Wildman–Crippen LogP) is 0.858. The van der Waals surface area contributed by atoms with Crippen LogP contribution in [-0.4, -0.2) is 31.1 Å². The van der Waals surface area contributed by atoms with Gasteiger partial charge in [-0.1, -0.05) is 18.2 Å². The maximum atomic E-state index is 11.8. The Bertz CT molecular complexity index is 416. The summed E-state index contributed by atoms with van der Waals surface area (Å²) in [6.45, 7) is 1.54. The van der Waals surface area contributed by atoms with Crippen molar-refractivity contribution in [2.24, 2.45) is 0 Å². The summed E-state index contributed by atoms with van der Waals surface area (Å²) < 4.78 is 5.78. The maximum Gasteiger partial charge on any atom is 0.237 e. The minimum atomic E-state index is -0.00576. The van der Waals surface area contributed by atoms with Gasteiger partial charge < -0.3 is 15.4 Å². The molecule has 1 unspecified atom stereocenters. The topological polar surface area (TPSA) is 50.4 Å². The van der Waals surface area contributed by atoms with E-state index in [1.54, 1.807) is 0 Å². The Kier molecular flexibility index (Phi) is 3.19. The van der Waals surface area contributed by atoms with Crippen molar-refractivity contribution in [3.8, 4) is 5.75 Å². The van der Waals surface area contributed by atoms with E-state index in [0.717, 1.165) is 31.6 Å². The third-order valence-corrected chi connectivity index (χ3v) is 3.59. The van der Waals surface area contributed by atoms with Crippen LogP contribution in [0, 0.1) is 0 Å². The van der Waals surface area contributed by atoms with Gasteiger partial charge in [0.2, 0.25) is 5.91 Å². The lowest BCUT2D eigenvalue weighted by atomic mass is 10.1. The summed E-state index contributed by atoms with van der Waals surface area (Å²) in [5, 5.41) is 6.17. The number of carbonyl (C=O) groups excluding carboxylic acids is 1. The van der Waals surface area contributed by atoms with Gasteiger partial charge in [0.1, 0.15) is 11.9 Å². The zero-order valence-electron chi connectivity index (χ0n) is 10.3. The third kappa shape index (κ3) is 2.34. The van der Waals surface area contributed by atoms with Crippen LogP contribution in [0.3, 0.4) is 0 Å². The normalized spacial score (nSPS) is 25.6. The summed E-state index contributed by atoms with van der Waals surface area (Å²) in [5.74, 6) is 1.06. The van der Waals surface area contributed by atoms with Crippen LogP contribution in [-0.2, 0) is 11.2 Å². The van der Waals surface area contributed by atoms with Crippen LogP contribution in [0.5, 0.6) is 5.75 Å². The number of nitrogens with one attached hydrogen (secondary N) is 2. The number of carbonyl (C=O) groups is 1. The molecule has 1 aromatic carbocycles. The highest BCUT2D eigenvalue weighted by molar-refractivity contribution is 5.82. The Morgan fingerprint density at radius 1 is 1.44 bits per heavy atom. The first-order valence-electron chi connectivity index (χ1n) is 6.58. The van der Waals surface area contributed by atoms with E-state index in [2.05, 4.69) is 16.7 Å². The average molecular weight is 246 g/mol. The molecule has 0 aliphatic carbocycles. The Morgan fingerprint density at radius 2 is 2.33 bits per heavy atom. The van der Waals surface area contributed by atoms with E-state index in [1.165, 1.54) is 5.56 Å². The molecule has 18 heavy (non-hydrogen) atoms. The standard InChI is InChI=1S/C14H18N2O2/c17-14(12-5-3-7-15-12)16-9-11-8-10-4-1-2-6-13(10)18-11/h1-2,4,6,11-12,15H,3,5,7-9H2,(H,16,17)/t11?,12-/m0/s1. The predicted molar refractivity (Wildman–Crippen MR) is 68.6 cm³/mol. The first-order valence-corrected chi connectivity index (χ1v) is 6.58. The molecule has 0 saturated carbocycles. The van der Waals surface area contributed by atoms with Crippen LogP contribution in [0.25, 0.3) is 0 Å². The average Bonchev–Trinajstić information content (AvgIpc) is 3.04. The van der Waals surface area contributed by atoms with Gasteiger partial charge >= 0.3 is 0 Å². The van der Waals surface area contributed by atoms with E-state index >= 15 is 0 Å². The van der Waals surface area contributed by atoms with Crippen LogP contribution in [0.15, 0.2) is 24.3 Å². The molecular weight excluding hydrogens is 228 g/mol. The Hall–Kier alpha value is -1.55.